The van der Waals surface area contributed by atoms with Gasteiger partial charge in [-0.3, -0.25) is 4.79 Å². The number of nitrogens with two attached hydrogens (primary N) is 1. The van der Waals surface area contributed by atoms with Crippen molar-refractivity contribution in [2.45, 2.75) is 38.6 Å². The third-order valence-electron chi connectivity index (χ3n) is 4.45. The fourth-order valence-corrected chi connectivity index (χ4v) is 3.84. The van der Waals surface area contributed by atoms with E-state index in [1.54, 1.807) is 12.1 Å². The summed E-state index contributed by atoms with van der Waals surface area (Å²) in [5.41, 5.74) is 6.50. The summed E-state index contributed by atoms with van der Waals surface area (Å²) in [6, 6.07) is 11.5. The van der Waals surface area contributed by atoms with Gasteiger partial charge in [0.05, 0.1) is 4.88 Å². The van der Waals surface area contributed by atoms with Gasteiger partial charge in [-0.2, -0.15) is 0 Å². The van der Waals surface area contributed by atoms with Crippen LogP contribution in [0.5, 0.6) is 10.8 Å². The highest BCUT2D eigenvalue weighted by Crippen LogP contribution is 2.29. The van der Waals surface area contributed by atoms with Gasteiger partial charge in [-0.05, 0) is 55.1 Å². The molecule has 1 amide bonds. The molecular weight excluding hydrogens is 320 g/mol. The quantitative estimate of drug-likeness (QED) is 0.786. The number of hydrogen-bond acceptors (Lipinski definition) is 4. The van der Waals surface area contributed by atoms with Gasteiger partial charge in [-0.1, -0.05) is 42.7 Å². The Balaban J connectivity index is 1.46. The molecule has 3 rings (SSSR count). The summed E-state index contributed by atoms with van der Waals surface area (Å²) in [4.78, 5) is 11.6. The van der Waals surface area contributed by atoms with Crippen LogP contribution in [0, 0.1) is 5.92 Å². The Morgan fingerprint density at radius 2 is 1.88 bits per heavy atom. The van der Waals surface area contributed by atoms with Crippen LogP contribution < -0.4 is 15.8 Å². The highest BCUT2D eigenvalue weighted by molar-refractivity contribution is 7.15. The van der Waals surface area contributed by atoms with Crippen LogP contribution in [0.15, 0.2) is 36.4 Å². The van der Waals surface area contributed by atoms with Gasteiger partial charge in [0.1, 0.15) is 5.75 Å². The second kappa shape index (κ2) is 8.31. The molecule has 0 radical (unpaired) electrons. The Morgan fingerprint density at radius 3 is 2.54 bits per heavy atom. The second-order valence-electron chi connectivity index (χ2n) is 6.36. The molecule has 4 nitrogen and oxygen atoms in total. The largest absolute Gasteiger partial charge is 0.447 e. The lowest BCUT2D eigenvalue weighted by Crippen LogP contribution is -2.24. The Hall–Kier alpha value is -1.85. The number of carbonyl (C=O) groups excluding carboxylic acids is 1. The normalized spacial score (nSPS) is 15.3. The maximum atomic E-state index is 11.1. The maximum Gasteiger partial charge on any atom is 0.258 e. The standard InChI is InChI=1S/C19H24N2O2S/c20-19(22)17-10-11-18(24-17)23-16-8-6-15(7-9-16)13-21-12-14-4-2-1-3-5-14/h6-11,14,21H,1-5,12-13H2,(H2,20,22). The van der Waals surface area contributed by atoms with Crippen LogP contribution in [-0.2, 0) is 6.54 Å². The second-order valence-corrected chi connectivity index (χ2v) is 7.41. The third kappa shape index (κ3) is 4.82. The van der Waals surface area contributed by atoms with Gasteiger partial charge in [0.2, 0.25) is 0 Å². The van der Waals surface area contributed by atoms with Crippen LogP contribution in [0.3, 0.4) is 0 Å². The number of benzene rings is 1. The predicted molar refractivity (Wildman–Crippen MR) is 97.6 cm³/mol. The summed E-state index contributed by atoms with van der Waals surface area (Å²) in [5, 5.41) is 4.24. The van der Waals surface area contributed by atoms with Gasteiger partial charge in [0, 0.05) is 6.54 Å². The summed E-state index contributed by atoms with van der Waals surface area (Å²) in [6.45, 7) is 2.00. The molecule has 0 atom stereocenters. The van der Waals surface area contributed by atoms with E-state index >= 15 is 0 Å². The molecule has 24 heavy (non-hydrogen) atoms. The molecule has 2 aromatic rings. The van der Waals surface area contributed by atoms with Crippen LogP contribution in [-0.4, -0.2) is 12.5 Å². The van der Waals surface area contributed by atoms with Gasteiger partial charge < -0.3 is 15.8 Å². The number of hydrogen-bond donors (Lipinski definition) is 2. The summed E-state index contributed by atoms with van der Waals surface area (Å²) >= 11 is 1.26. The maximum absolute atomic E-state index is 11.1. The Labute approximate surface area is 147 Å². The van der Waals surface area contributed by atoms with Gasteiger partial charge in [-0.15, -0.1) is 0 Å². The summed E-state index contributed by atoms with van der Waals surface area (Å²) < 4.78 is 5.75. The zero-order valence-corrected chi connectivity index (χ0v) is 14.6. The molecule has 1 aliphatic rings. The van der Waals surface area contributed by atoms with Crippen LogP contribution in [0.4, 0.5) is 0 Å². The van der Waals surface area contributed by atoms with Crippen molar-refractivity contribution in [3.05, 3.63) is 46.8 Å². The molecule has 5 heteroatoms. The van der Waals surface area contributed by atoms with Crippen molar-refractivity contribution in [3.63, 3.8) is 0 Å². The molecule has 3 N–H and O–H groups in total. The van der Waals surface area contributed by atoms with Crippen molar-refractivity contribution in [1.82, 2.24) is 5.32 Å². The van der Waals surface area contributed by atoms with E-state index < -0.39 is 5.91 Å². The zero-order chi connectivity index (χ0) is 16.8. The fraction of sp³-hybridized carbons (Fsp3) is 0.421. The van der Waals surface area contributed by atoms with Crippen molar-refractivity contribution >= 4 is 17.2 Å². The summed E-state index contributed by atoms with van der Waals surface area (Å²) in [6.07, 6.45) is 6.92. The number of rotatable bonds is 7. The summed E-state index contributed by atoms with van der Waals surface area (Å²) in [7, 11) is 0. The highest BCUT2D eigenvalue weighted by Gasteiger charge is 2.12. The Kier molecular flexibility index (Phi) is 5.88. The molecule has 0 unspecified atom stereocenters. The molecule has 1 fully saturated rings. The third-order valence-corrected chi connectivity index (χ3v) is 5.43. The van der Waals surface area contributed by atoms with Crippen molar-refractivity contribution in [3.8, 4) is 10.8 Å². The number of thiophene rings is 1. The number of carbonyl (C=O) groups is 1. The Bertz CT molecular complexity index is 660. The van der Waals surface area contributed by atoms with Crippen molar-refractivity contribution in [2.75, 3.05) is 6.54 Å². The van der Waals surface area contributed by atoms with E-state index in [9.17, 15) is 4.79 Å². The lowest BCUT2D eigenvalue weighted by Gasteiger charge is -2.21. The van der Waals surface area contributed by atoms with E-state index in [0.29, 0.717) is 9.94 Å². The molecule has 0 aliphatic heterocycles. The summed E-state index contributed by atoms with van der Waals surface area (Å²) in [5.74, 6) is 1.19. The van der Waals surface area contributed by atoms with Crippen LogP contribution in [0.1, 0.15) is 47.3 Å². The Morgan fingerprint density at radius 1 is 1.12 bits per heavy atom. The van der Waals surface area contributed by atoms with E-state index in [2.05, 4.69) is 17.4 Å². The topological polar surface area (TPSA) is 64.4 Å². The molecule has 1 heterocycles. The first-order valence-corrected chi connectivity index (χ1v) is 9.39. The van der Waals surface area contributed by atoms with Crippen LogP contribution in [0.2, 0.25) is 0 Å². The van der Waals surface area contributed by atoms with Crippen molar-refractivity contribution in [1.29, 1.82) is 0 Å². The minimum Gasteiger partial charge on any atom is -0.447 e. The van der Waals surface area contributed by atoms with Gasteiger partial charge >= 0.3 is 0 Å². The minimum absolute atomic E-state index is 0.422. The fourth-order valence-electron chi connectivity index (χ4n) is 3.11. The SMILES string of the molecule is NC(=O)c1ccc(Oc2ccc(CNCC3CCCCC3)cc2)s1. The smallest absolute Gasteiger partial charge is 0.258 e. The van der Waals surface area contributed by atoms with Crippen LogP contribution in [0.25, 0.3) is 0 Å². The average Bonchev–Trinajstić information content (AvgIpc) is 3.06. The number of primary amides is 1. The van der Waals surface area contributed by atoms with Crippen LogP contribution >= 0.6 is 11.3 Å². The average molecular weight is 344 g/mol. The molecule has 1 aromatic carbocycles. The first-order chi connectivity index (χ1) is 11.7. The molecule has 1 aromatic heterocycles. The lowest BCUT2D eigenvalue weighted by atomic mass is 9.89. The lowest BCUT2D eigenvalue weighted by molar-refractivity contribution is 0.100. The van der Waals surface area contributed by atoms with Gasteiger partial charge in [0.15, 0.2) is 5.06 Å². The van der Waals surface area contributed by atoms with E-state index in [-0.39, 0.29) is 0 Å². The van der Waals surface area contributed by atoms with Gasteiger partial charge in [0.25, 0.3) is 5.91 Å². The first kappa shape index (κ1) is 17.0. The van der Waals surface area contributed by atoms with Crippen molar-refractivity contribution < 1.29 is 9.53 Å². The number of nitrogens with one attached hydrogen (secondary N) is 1. The highest BCUT2D eigenvalue weighted by atomic mass is 32.1. The molecule has 1 saturated carbocycles. The van der Waals surface area contributed by atoms with E-state index in [1.807, 2.05) is 12.1 Å². The van der Waals surface area contributed by atoms with Crippen molar-refractivity contribution in [2.24, 2.45) is 11.7 Å². The van der Waals surface area contributed by atoms with Gasteiger partial charge in [-0.25, -0.2) is 0 Å². The molecule has 1 aliphatic carbocycles. The number of amides is 1. The predicted octanol–water partition coefficient (Wildman–Crippen LogP) is 4.31. The van der Waals surface area contributed by atoms with E-state index in [1.165, 1.54) is 49.0 Å². The van der Waals surface area contributed by atoms with E-state index in [0.717, 1.165) is 24.8 Å². The monoisotopic (exact) mass is 344 g/mol. The molecule has 0 bridgehead atoms. The molecule has 0 spiro atoms. The molecule has 0 saturated heterocycles. The first-order valence-electron chi connectivity index (χ1n) is 8.58. The number of ether oxygens (including phenoxy) is 1. The molecule has 128 valence electrons. The minimum atomic E-state index is -0.422. The van der Waals surface area contributed by atoms with E-state index in [4.69, 9.17) is 10.5 Å². The zero-order valence-electron chi connectivity index (χ0n) is 13.8. The molecular formula is C19H24N2O2S.